The summed E-state index contributed by atoms with van der Waals surface area (Å²) in [6.45, 7) is 8.03. The van der Waals surface area contributed by atoms with Gasteiger partial charge in [-0.1, -0.05) is 20.8 Å². The largest absolute Gasteiger partial charge is 0.481 e. The number of carboxylic acids is 1. The fraction of sp³-hybridized carbons (Fsp3) is 0.833. The van der Waals surface area contributed by atoms with Crippen molar-refractivity contribution in [3.8, 4) is 0 Å². The first-order valence-electron chi connectivity index (χ1n) is 5.98. The van der Waals surface area contributed by atoms with Gasteiger partial charge in [0.2, 0.25) is 0 Å². The van der Waals surface area contributed by atoms with E-state index in [9.17, 15) is 14.7 Å². The van der Waals surface area contributed by atoms with Gasteiger partial charge in [0.25, 0.3) is 0 Å². The number of carboxylic acid groups (broad SMARTS) is 1. The van der Waals surface area contributed by atoms with Crippen molar-refractivity contribution in [3.05, 3.63) is 0 Å². The van der Waals surface area contributed by atoms with Crippen molar-refractivity contribution < 1.29 is 19.8 Å². The number of hydrogen-bond acceptors (Lipinski definition) is 3. The van der Waals surface area contributed by atoms with E-state index in [2.05, 4.69) is 31.4 Å². The van der Waals surface area contributed by atoms with Crippen LogP contribution in [0.25, 0.3) is 0 Å². The molecule has 0 aromatic carbocycles. The zero-order chi connectivity index (χ0) is 14.4. The van der Waals surface area contributed by atoms with Gasteiger partial charge < -0.3 is 20.8 Å². The second kappa shape index (κ2) is 6.58. The minimum Gasteiger partial charge on any atom is -0.481 e. The molecule has 4 N–H and O–H groups in total. The second-order valence-corrected chi connectivity index (χ2v) is 5.99. The van der Waals surface area contributed by atoms with Crippen molar-refractivity contribution >= 4 is 12.0 Å². The number of aliphatic hydroxyl groups is 1. The van der Waals surface area contributed by atoms with Gasteiger partial charge in [0.05, 0.1) is 12.0 Å². The maximum absolute atomic E-state index is 11.4. The van der Waals surface area contributed by atoms with Gasteiger partial charge >= 0.3 is 12.0 Å². The van der Waals surface area contributed by atoms with Crippen LogP contribution >= 0.6 is 0 Å². The van der Waals surface area contributed by atoms with Crippen LogP contribution in [0.5, 0.6) is 0 Å². The summed E-state index contributed by atoms with van der Waals surface area (Å²) in [4.78, 5) is 21.8. The summed E-state index contributed by atoms with van der Waals surface area (Å²) in [6.07, 6.45) is 0.432. The first-order valence-corrected chi connectivity index (χ1v) is 5.98. The molecule has 0 spiro atoms. The van der Waals surface area contributed by atoms with E-state index >= 15 is 0 Å². The zero-order valence-electron chi connectivity index (χ0n) is 11.5. The molecule has 0 radical (unpaired) electrons. The number of nitrogens with one attached hydrogen (secondary N) is 2. The Bertz CT molecular complexity index is 295. The lowest BCUT2D eigenvalue weighted by Gasteiger charge is -2.22. The predicted molar refractivity (Wildman–Crippen MR) is 68.4 cm³/mol. The Labute approximate surface area is 108 Å². The summed E-state index contributed by atoms with van der Waals surface area (Å²) in [5.41, 5.74) is -1.30. The Hall–Kier alpha value is -1.30. The van der Waals surface area contributed by atoms with Gasteiger partial charge in [-0.05, 0) is 18.8 Å². The topological polar surface area (TPSA) is 98.7 Å². The highest BCUT2D eigenvalue weighted by molar-refractivity contribution is 5.74. The van der Waals surface area contributed by atoms with E-state index in [1.165, 1.54) is 6.92 Å². The van der Waals surface area contributed by atoms with Crippen LogP contribution in [0.2, 0.25) is 0 Å². The van der Waals surface area contributed by atoms with Gasteiger partial charge in [-0.2, -0.15) is 0 Å². The van der Waals surface area contributed by atoms with Gasteiger partial charge in [-0.15, -0.1) is 0 Å². The molecular formula is C12H24N2O4. The molecule has 0 aromatic heterocycles. The normalized spacial score (nSPS) is 14.7. The van der Waals surface area contributed by atoms with Gasteiger partial charge in [0.1, 0.15) is 0 Å². The van der Waals surface area contributed by atoms with E-state index in [0.717, 1.165) is 6.42 Å². The average molecular weight is 260 g/mol. The van der Waals surface area contributed by atoms with Gasteiger partial charge in [-0.25, -0.2) is 4.79 Å². The summed E-state index contributed by atoms with van der Waals surface area (Å²) >= 11 is 0. The van der Waals surface area contributed by atoms with Crippen molar-refractivity contribution in [2.45, 2.75) is 46.1 Å². The average Bonchev–Trinajstić information content (AvgIpc) is 2.10. The number of amides is 2. The third kappa shape index (κ3) is 9.89. The highest BCUT2D eigenvalue weighted by Gasteiger charge is 2.24. The lowest BCUT2D eigenvalue weighted by molar-refractivity contribution is -0.141. The fourth-order valence-corrected chi connectivity index (χ4v) is 1.27. The zero-order valence-corrected chi connectivity index (χ0v) is 11.5. The number of hydrogen-bond donors (Lipinski definition) is 4. The molecule has 0 rings (SSSR count). The van der Waals surface area contributed by atoms with Crippen molar-refractivity contribution in [3.63, 3.8) is 0 Å². The third-order valence-electron chi connectivity index (χ3n) is 2.32. The van der Waals surface area contributed by atoms with Crippen molar-refractivity contribution in [2.24, 2.45) is 5.41 Å². The summed E-state index contributed by atoms with van der Waals surface area (Å²) in [7, 11) is 0. The quantitative estimate of drug-likeness (QED) is 0.571. The molecule has 2 amide bonds. The maximum Gasteiger partial charge on any atom is 0.314 e. The number of carbonyl (C=O) groups is 2. The molecule has 0 aromatic rings. The minimum atomic E-state index is -1.44. The monoisotopic (exact) mass is 260 g/mol. The molecule has 0 aliphatic carbocycles. The molecule has 0 aliphatic heterocycles. The van der Waals surface area contributed by atoms with Crippen LogP contribution in [0.4, 0.5) is 4.79 Å². The summed E-state index contributed by atoms with van der Waals surface area (Å²) in [5, 5.41) is 23.3. The first-order chi connectivity index (χ1) is 8.02. The van der Waals surface area contributed by atoms with Crippen LogP contribution in [0.1, 0.15) is 40.5 Å². The van der Waals surface area contributed by atoms with Gasteiger partial charge in [0, 0.05) is 13.1 Å². The molecular weight excluding hydrogens is 236 g/mol. The highest BCUT2D eigenvalue weighted by Crippen LogP contribution is 2.16. The van der Waals surface area contributed by atoms with Crippen LogP contribution in [-0.4, -0.2) is 40.9 Å². The molecule has 0 saturated carbocycles. The molecule has 0 fully saturated rings. The Morgan fingerprint density at radius 2 is 1.67 bits per heavy atom. The molecule has 1 unspecified atom stereocenters. The lowest BCUT2D eigenvalue weighted by atomic mass is 9.92. The molecule has 6 heteroatoms. The van der Waals surface area contributed by atoms with Crippen LogP contribution in [-0.2, 0) is 4.79 Å². The van der Waals surface area contributed by atoms with Gasteiger partial charge in [-0.3, -0.25) is 4.79 Å². The number of carbonyl (C=O) groups excluding carboxylic acids is 1. The molecule has 0 heterocycles. The Morgan fingerprint density at radius 3 is 2.11 bits per heavy atom. The molecule has 0 saturated heterocycles. The first kappa shape index (κ1) is 16.7. The summed E-state index contributed by atoms with van der Waals surface area (Å²) in [5.74, 6) is -1.10. The van der Waals surface area contributed by atoms with Crippen molar-refractivity contribution in [1.82, 2.24) is 10.6 Å². The SMILES string of the molecule is CC(C)(C)CCNC(=O)NCC(C)(O)CC(=O)O. The van der Waals surface area contributed by atoms with E-state index in [0.29, 0.717) is 6.54 Å². The summed E-state index contributed by atoms with van der Waals surface area (Å²) in [6, 6.07) is -0.398. The van der Waals surface area contributed by atoms with Crippen LogP contribution in [0, 0.1) is 5.41 Å². The molecule has 6 nitrogen and oxygen atoms in total. The highest BCUT2D eigenvalue weighted by atomic mass is 16.4. The molecule has 1 atom stereocenters. The van der Waals surface area contributed by atoms with Crippen LogP contribution < -0.4 is 10.6 Å². The molecule has 18 heavy (non-hydrogen) atoms. The Kier molecular flexibility index (Phi) is 6.11. The van der Waals surface area contributed by atoms with Gasteiger partial charge in [0.15, 0.2) is 0 Å². The number of aliphatic carboxylic acids is 1. The third-order valence-corrected chi connectivity index (χ3v) is 2.32. The Balaban J connectivity index is 3.86. The number of urea groups is 1. The van der Waals surface area contributed by atoms with E-state index in [4.69, 9.17) is 5.11 Å². The van der Waals surface area contributed by atoms with Crippen LogP contribution in [0.15, 0.2) is 0 Å². The molecule has 0 bridgehead atoms. The smallest absolute Gasteiger partial charge is 0.314 e. The number of rotatable bonds is 6. The fourth-order valence-electron chi connectivity index (χ4n) is 1.27. The van der Waals surface area contributed by atoms with E-state index in [1.807, 2.05) is 0 Å². The Morgan fingerprint density at radius 1 is 1.11 bits per heavy atom. The lowest BCUT2D eigenvalue weighted by Crippen LogP contribution is -2.46. The minimum absolute atomic E-state index is 0.0966. The van der Waals surface area contributed by atoms with Crippen LogP contribution in [0.3, 0.4) is 0 Å². The predicted octanol–water partition coefficient (Wildman–Crippen LogP) is 0.948. The van der Waals surface area contributed by atoms with E-state index in [1.54, 1.807) is 0 Å². The maximum atomic E-state index is 11.4. The summed E-state index contributed by atoms with van der Waals surface area (Å²) < 4.78 is 0. The second-order valence-electron chi connectivity index (χ2n) is 5.99. The van der Waals surface area contributed by atoms with Crippen molar-refractivity contribution in [2.75, 3.05) is 13.1 Å². The standard InChI is InChI=1S/C12H24N2O4/c1-11(2,3)5-6-13-10(17)14-8-12(4,18)7-9(15)16/h18H,5-8H2,1-4H3,(H,15,16)(H2,13,14,17). The van der Waals surface area contributed by atoms with Crippen molar-refractivity contribution in [1.29, 1.82) is 0 Å². The molecule has 106 valence electrons. The van der Waals surface area contributed by atoms with E-state index in [-0.39, 0.29) is 12.0 Å². The molecule has 0 aliphatic rings. The van der Waals surface area contributed by atoms with E-state index < -0.39 is 24.0 Å².